The molecule has 2 aromatic heterocycles. The second-order valence-corrected chi connectivity index (χ2v) is 3.48. The molecule has 0 atom stereocenters. The van der Waals surface area contributed by atoms with E-state index in [9.17, 15) is 4.79 Å². The Labute approximate surface area is 96.8 Å². The lowest BCUT2D eigenvalue weighted by molar-refractivity contribution is -0.117. The van der Waals surface area contributed by atoms with Gasteiger partial charge in [-0.3, -0.25) is 4.79 Å². The van der Waals surface area contributed by atoms with E-state index in [4.69, 9.17) is 10.3 Å². The number of hydrogen-bond acceptors (Lipinski definition) is 6. The van der Waals surface area contributed by atoms with Crippen molar-refractivity contribution in [1.82, 2.24) is 20.2 Å². The van der Waals surface area contributed by atoms with E-state index in [1.54, 1.807) is 19.2 Å². The Balaban J connectivity index is 1.93. The molecule has 0 aliphatic carbocycles. The van der Waals surface area contributed by atoms with E-state index < -0.39 is 0 Å². The number of carbonyl (C=O) groups excluding carboxylic acids is 1. The molecule has 2 aromatic rings. The van der Waals surface area contributed by atoms with Gasteiger partial charge in [0.1, 0.15) is 12.3 Å². The van der Waals surface area contributed by atoms with Crippen LogP contribution in [0.25, 0.3) is 0 Å². The van der Waals surface area contributed by atoms with Crippen LogP contribution in [0.5, 0.6) is 0 Å². The first-order valence-corrected chi connectivity index (χ1v) is 4.99. The first-order chi connectivity index (χ1) is 8.17. The number of nitrogens with one attached hydrogen (secondary N) is 1. The maximum absolute atomic E-state index is 11.6. The summed E-state index contributed by atoms with van der Waals surface area (Å²) in [7, 11) is 0. The third kappa shape index (κ3) is 2.88. The minimum Gasteiger partial charge on any atom is -0.360 e. The van der Waals surface area contributed by atoms with Crippen molar-refractivity contribution in [2.45, 2.75) is 20.0 Å². The molecular formula is C9H12N6O2. The summed E-state index contributed by atoms with van der Waals surface area (Å²) >= 11 is 0. The third-order valence-corrected chi connectivity index (χ3v) is 2.00. The van der Waals surface area contributed by atoms with Crippen molar-refractivity contribution in [3.05, 3.63) is 23.7 Å². The Morgan fingerprint density at radius 3 is 3.06 bits per heavy atom. The number of nitrogens with zero attached hydrogens (tertiary/aromatic N) is 4. The van der Waals surface area contributed by atoms with Gasteiger partial charge >= 0.3 is 0 Å². The summed E-state index contributed by atoms with van der Waals surface area (Å²) in [6, 6.07) is 1.63. The van der Waals surface area contributed by atoms with Crippen LogP contribution in [0.1, 0.15) is 11.5 Å². The van der Waals surface area contributed by atoms with E-state index in [1.807, 2.05) is 0 Å². The SMILES string of the molecule is Cc1cc(NC(=O)Cn2cc(CN)nn2)no1. The van der Waals surface area contributed by atoms with Crippen LogP contribution in [-0.4, -0.2) is 26.1 Å². The second kappa shape index (κ2) is 4.74. The molecule has 0 aliphatic heterocycles. The summed E-state index contributed by atoms with van der Waals surface area (Å²) in [5.41, 5.74) is 6.02. The summed E-state index contributed by atoms with van der Waals surface area (Å²) < 4.78 is 6.23. The normalized spacial score (nSPS) is 10.5. The predicted molar refractivity (Wildman–Crippen MR) is 57.8 cm³/mol. The zero-order valence-corrected chi connectivity index (χ0v) is 9.25. The maximum atomic E-state index is 11.6. The van der Waals surface area contributed by atoms with Crippen molar-refractivity contribution in [3.63, 3.8) is 0 Å². The molecule has 3 N–H and O–H groups in total. The van der Waals surface area contributed by atoms with E-state index in [1.165, 1.54) is 4.68 Å². The Bertz CT molecular complexity index is 517. The van der Waals surface area contributed by atoms with Crippen LogP contribution in [-0.2, 0) is 17.9 Å². The summed E-state index contributed by atoms with van der Waals surface area (Å²) in [6.45, 7) is 2.09. The zero-order chi connectivity index (χ0) is 12.3. The molecule has 0 aliphatic rings. The van der Waals surface area contributed by atoms with Gasteiger partial charge in [-0.1, -0.05) is 10.4 Å². The van der Waals surface area contributed by atoms with Gasteiger partial charge in [0.15, 0.2) is 5.82 Å². The first kappa shape index (κ1) is 11.3. The predicted octanol–water partition coefficient (Wildman–Crippen LogP) is -0.328. The van der Waals surface area contributed by atoms with Gasteiger partial charge in [0.05, 0.1) is 11.9 Å². The van der Waals surface area contributed by atoms with Gasteiger partial charge in [-0.25, -0.2) is 4.68 Å². The Morgan fingerprint density at radius 2 is 2.47 bits per heavy atom. The van der Waals surface area contributed by atoms with Crippen LogP contribution in [0.4, 0.5) is 5.82 Å². The minimum absolute atomic E-state index is 0.0545. The molecule has 8 nitrogen and oxygen atoms in total. The summed E-state index contributed by atoms with van der Waals surface area (Å²) in [5, 5.41) is 13.7. The van der Waals surface area contributed by atoms with Gasteiger partial charge < -0.3 is 15.6 Å². The van der Waals surface area contributed by atoms with E-state index >= 15 is 0 Å². The molecule has 0 fully saturated rings. The van der Waals surface area contributed by atoms with Crippen molar-refractivity contribution in [2.24, 2.45) is 5.73 Å². The van der Waals surface area contributed by atoms with E-state index in [-0.39, 0.29) is 12.5 Å². The van der Waals surface area contributed by atoms with Crippen molar-refractivity contribution in [2.75, 3.05) is 5.32 Å². The van der Waals surface area contributed by atoms with Crippen LogP contribution in [0.3, 0.4) is 0 Å². The van der Waals surface area contributed by atoms with Gasteiger partial charge in [-0.15, -0.1) is 5.10 Å². The molecule has 90 valence electrons. The highest BCUT2D eigenvalue weighted by Gasteiger charge is 2.08. The van der Waals surface area contributed by atoms with E-state index in [2.05, 4.69) is 20.8 Å². The minimum atomic E-state index is -0.258. The van der Waals surface area contributed by atoms with E-state index in [0.717, 1.165) is 0 Å². The Morgan fingerprint density at radius 1 is 1.65 bits per heavy atom. The highest BCUT2D eigenvalue weighted by molar-refractivity contribution is 5.89. The topological polar surface area (TPSA) is 112 Å². The molecule has 17 heavy (non-hydrogen) atoms. The lowest BCUT2D eigenvalue weighted by Gasteiger charge is -1.99. The fourth-order valence-electron chi connectivity index (χ4n) is 1.26. The van der Waals surface area contributed by atoms with Crippen molar-refractivity contribution in [3.8, 4) is 0 Å². The molecule has 8 heteroatoms. The molecule has 2 heterocycles. The van der Waals surface area contributed by atoms with Gasteiger partial charge in [-0.2, -0.15) is 0 Å². The van der Waals surface area contributed by atoms with Crippen molar-refractivity contribution < 1.29 is 9.32 Å². The maximum Gasteiger partial charge on any atom is 0.247 e. The molecule has 0 saturated carbocycles. The van der Waals surface area contributed by atoms with Gasteiger partial charge in [0.2, 0.25) is 5.91 Å². The lowest BCUT2D eigenvalue weighted by atomic mass is 10.4. The number of aromatic nitrogens is 4. The molecule has 0 unspecified atom stereocenters. The highest BCUT2D eigenvalue weighted by Crippen LogP contribution is 2.06. The Kier molecular flexibility index (Phi) is 3.15. The van der Waals surface area contributed by atoms with Gasteiger partial charge in [-0.05, 0) is 6.92 Å². The molecular weight excluding hydrogens is 224 g/mol. The average Bonchev–Trinajstić information content (AvgIpc) is 2.88. The largest absolute Gasteiger partial charge is 0.360 e. The fraction of sp³-hybridized carbons (Fsp3) is 0.333. The lowest BCUT2D eigenvalue weighted by Crippen LogP contribution is -2.19. The number of anilines is 1. The number of carbonyl (C=O) groups is 1. The number of amides is 1. The van der Waals surface area contributed by atoms with Crippen LogP contribution >= 0.6 is 0 Å². The molecule has 0 radical (unpaired) electrons. The van der Waals surface area contributed by atoms with Crippen LogP contribution in [0.2, 0.25) is 0 Å². The second-order valence-electron chi connectivity index (χ2n) is 3.48. The Hall–Kier alpha value is -2.22. The molecule has 0 aromatic carbocycles. The summed E-state index contributed by atoms with van der Waals surface area (Å²) in [4.78, 5) is 11.6. The van der Waals surface area contributed by atoms with Crippen molar-refractivity contribution >= 4 is 11.7 Å². The van der Waals surface area contributed by atoms with Crippen LogP contribution < -0.4 is 11.1 Å². The standard InChI is InChI=1S/C9H12N6O2/c1-6-2-8(13-17-6)11-9(16)5-15-4-7(3-10)12-14-15/h2,4H,3,5,10H2,1H3,(H,11,13,16). The number of nitrogens with two attached hydrogens (primary N) is 1. The fourth-order valence-corrected chi connectivity index (χ4v) is 1.26. The number of hydrogen-bond donors (Lipinski definition) is 2. The number of aryl methyl sites for hydroxylation is 1. The van der Waals surface area contributed by atoms with Gasteiger partial charge in [0.25, 0.3) is 0 Å². The smallest absolute Gasteiger partial charge is 0.247 e. The first-order valence-electron chi connectivity index (χ1n) is 4.99. The van der Waals surface area contributed by atoms with Crippen LogP contribution in [0, 0.1) is 6.92 Å². The molecule has 2 rings (SSSR count). The molecule has 0 bridgehead atoms. The van der Waals surface area contributed by atoms with Crippen LogP contribution in [0.15, 0.2) is 16.8 Å². The van der Waals surface area contributed by atoms with Crippen molar-refractivity contribution in [1.29, 1.82) is 0 Å². The molecule has 0 spiro atoms. The highest BCUT2D eigenvalue weighted by atomic mass is 16.5. The summed E-state index contributed by atoms with van der Waals surface area (Å²) in [5.74, 6) is 0.755. The quantitative estimate of drug-likeness (QED) is 0.751. The average molecular weight is 236 g/mol. The summed E-state index contributed by atoms with van der Waals surface area (Å²) in [6.07, 6.45) is 1.62. The van der Waals surface area contributed by atoms with Gasteiger partial charge in [0, 0.05) is 12.6 Å². The molecule has 1 amide bonds. The molecule has 0 saturated heterocycles. The van der Waals surface area contributed by atoms with E-state index in [0.29, 0.717) is 23.8 Å². The number of rotatable bonds is 4. The third-order valence-electron chi connectivity index (χ3n) is 2.00. The monoisotopic (exact) mass is 236 g/mol. The zero-order valence-electron chi connectivity index (χ0n) is 9.25.